The van der Waals surface area contributed by atoms with E-state index in [2.05, 4.69) is 49.6 Å². The molecule has 0 bridgehead atoms. The molecule has 0 aliphatic carbocycles. The molecule has 0 spiro atoms. The van der Waals surface area contributed by atoms with Crippen molar-refractivity contribution >= 4 is 5.69 Å². The Kier molecular flexibility index (Phi) is 2.96. The molecule has 2 rings (SSSR count). The second-order valence-corrected chi connectivity index (χ2v) is 4.68. The minimum atomic E-state index is 0.515. The van der Waals surface area contributed by atoms with Crippen LogP contribution >= 0.6 is 0 Å². The van der Waals surface area contributed by atoms with Crippen LogP contribution in [0.5, 0.6) is 0 Å². The van der Waals surface area contributed by atoms with Crippen LogP contribution in [0.4, 0.5) is 5.69 Å². The van der Waals surface area contributed by atoms with Crippen LogP contribution in [0.25, 0.3) is 0 Å². The van der Waals surface area contributed by atoms with E-state index >= 15 is 0 Å². The monoisotopic (exact) mass is 204 g/mol. The first-order chi connectivity index (χ1) is 7.16. The third kappa shape index (κ3) is 2.32. The molecule has 1 aliphatic rings. The van der Waals surface area contributed by atoms with Gasteiger partial charge in [0.15, 0.2) is 0 Å². The number of benzene rings is 1. The largest absolute Gasteiger partial charge is 0.385 e. The molecule has 0 radical (unpaired) electrons. The summed E-state index contributed by atoms with van der Waals surface area (Å²) in [6, 6.07) is 7.71. The number of hydrogen-bond donors (Lipinski definition) is 2. The summed E-state index contributed by atoms with van der Waals surface area (Å²) in [4.78, 5) is 0. The molecule has 82 valence electrons. The predicted molar refractivity (Wildman–Crippen MR) is 65.3 cm³/mol. The van der Waals surface area contributed by atoms with Crippen LogP contribution in [0.1, 0.15) is 37.4 Å². The quantitative estimate of drug-likeness (QED) is 0.774. The van der Waals surface area contributed by atoms with E-state index in [-0.39, 0.29) is 0 Å². The Bertz CT molecular complexity index is 344. The van der Waals surface area contributed by atoms with E-state index in [1.165, 1.54) is 23.2 Å². The first-order valence-electron chi connectivity index (χ1n) is 5.77. The average molecular weight is 204 g/mol. The van der Waals surface area contributed by atoms with Gasteiger partial charge in [-0.15, -0.1) is 0 Å². The van der Waals surface area contributed by atoms with Crippen LogP contribution in [0.3, 0.4) is 0 Å². The van der Waals surface area contributed by atoms with E-state index in [1.807, 2.05) is 0 Å². The van der Waals surface area contributed by atoms with Crippen LogP contribution in [-0.2, 0) is 0 Å². The molecule has 1 atom stereocenters. The predicted octanol–water partition coefficient (Wildman–Crippen LogP) is 2.85. The maximum absolute atomic E-state index is 3.63. The molecule has 1 aromatic rings. The summed E-state index contributed by atoms with van der Waals surface area (Å²) in [7, 11) is 0. The van der Waals surface area contributed by atoms with Gasteiger partial charge >= 0.3 is 0 Å². The fourth-order valence-corrected chi connectivity index (χ4v) is 2.21. The highest BCUT2D eigenvalue weighted by molar-refractivity contribution is 5.55. The second kappa shape index (κ2) is 4.23. The van der Waals surface area contributed by atoms with E-state index in [9.17, 15) is 0 Å². The van der Waals surface area contributed by atoms with Crippen molar-refractivity contribution in [1.82, 2.24) is 5.32 Å². The maximum Gasteiger partial charge on any atom is 0.0388 e. The summed E-state index contributed by atoms with van der Waals surface area (Å²) in [6.45, 7) is 7.64. The molecule has 1 aliphatic heterocycles. The lowest BCUT2D eigenvalue weighted by atomic mass is 9.95. The highest BCUT2D eigenvalue weighted by Gasteiger charge is 2.19. The van der Waals surface area contributed by atoms with E-state index < -0.39 is 0 Å². The fourth-order valence-electron chi connectivity index (χ4n) is 2.21. The number of fused-ring (bicyclic) bond motifs is 1. The van der Waals surface area contributed by atoms with Crippen molar-refractivity contribution in [3.8, 4) is 0 Å². The zero-order valence-corrected chi connectivity index (χ0v) is 9.80. The van der Waals surface area contributed by atoms with Crippen molar-refractivity contribution in [2.75, 3.05) is 11.9 Å². The van der Waals surface area contributed by atoms with E-state index in [0.717, 1.165) is 6.54 Å². The Morgan fingerprint density at radius 3 is 2.93 bits per heavy atom. The summed E-state index contributed by atoms with van der Waals surface area (Å²) in [5, 5.41) is 7.08. The van der Waals surface area contributed by atoms with Crippen molar-refractivity contribution in [2.45, 2.75) is 39.3 Å². The summed E-state index contributed by atoms with van der Waals surface area (Å²) in [5.74, 6) is 0. The molecule has 1 aromatic carbocycles. The van der Waals surface area contributed by atoms with Gasteiger partial charge in [-0.3, -0.25) is 0 Å². The number of rotatable bonds is 2. The van der Waals surface area contributed by atoms with Crippen molar-refractivity contribution in [1.29, 1.82) is 0 Å². The van der Waals surface area contributed by atoms with Crippen LogP contribution < -0.4 is 10.6 Å². The Balaban J connectivity index is 2.28. The molecule has 0 fully saturated rings. The zero-order chi connectivity index (χ0) is 10.8. The van der Waals surface area contributed by atoms with Gasteiger partial charge in [-0.1, -0.05) is 31.5 Å². The molecule has 0 saturated carbocycles. The van der Waals surface area contributed by atoms with Gasteiger partial charge in [0.05, 0.1) is 0 Å². The van der Waals surface area contributed by atoms with Crippen LogP contribution in [0.2, 0.25) is 0 Å². The van der Waals surface area contributed by atoms with Gasteiger partial charge < -0.3 is 10.6 Å². The van der Waals surface area contributed by atoms with Gasteiger partial charge in [0.1, 0.15) is 0 Å². The van der Waals surface area contributed by atoms with Crippen LogP contribution in [0.15, 0.2) is 18.2 Å². The molecule has 0 amide bonds. The molecule has 2 heteroatoms. The third-order valence-electron chi connectivity index (χ3n) is 2.87. The summed E-state index contributed by atoms with van der Waals surface area (Å²) in [5.41, 5.74) is 4.06. The van der Waals surface area contributed by atoms with Gasteiger partial charge in [-0.2, -0.15) is 0 Å². The van der Waals surface area contributed by atoms with E-state index in [4.69, 9.17) is 0 Å². The van der Waals surface area contributed by atoms with Crippen molar-refractivity contribution < 1.29 is 0 Å². The lowest BCUT2D eigenvalue weighted by Gasteiger charge is -2.29. The van der Waals surface area contributed by atoms with Gasteiger partial charge in [0.25, 0.3) is 0 Å². The normalized spacial score (nSPS) is 19.9. The van der Waals surface area contributed by atoms with Gasteiger partial charge in [0.2, 0.25) is 0 Å². The molecule has 0 saturated heterocycles. The van der Waals surface area contributed by atoms with Crippen molar-refractivity contribution in [3.05, 3.63) is 29.3 Å². The van der Waals surface area contributed by atoms with Gasteiger partial charge in [0, 0.05) is 24.3 Å². The molecular formula is C13H20N2. The summed E-state index contributed by atoms with van der Waals surface area (Å²) in [6.07, 6.45) is 1.18. The standard InChI is InChI=1S/C13H20N2/c1-9(2)15-13-6-7-14-12-5-4-10(3)8-11(12)13/h4-5,8-9,13-15H,6-7H2,1-3H3. The average Bonchev–Trinajstić information content (AvgIpc) is 2.18. The maximum atomic E-state index is 3.63. The fraction of sp³-hybridized carbons (Fsp3) is 0.538. The number of anilines is 1. The van der Waals surface area contributed by atoms with Crippen LogP contribution in [-0.4, -0.2) is 12.6 Å². The van der Waals surface area contributed by atoms with Crippen molar-refractivity contribution in [2.24, 2.45) is 0 Å². The van der Waals surface area contributed by atoms with Gasteiger partial charge in [-0.25, -0.2) is 0 Å². The highest BCUT2D eigenvalue weighted by Crippen LogP contribution is 2.30. The first-order valence-corrected chi connectivity index (χ1v) is 5.77. The molecule has 0 aromatic heterocycles. The Hall–Kier alpha value is -1.02. The molecule has 1 heterocycles. The smallest absolute Gasteiger partial charge is 0.0388 e. The van der Waals surface area contributed by atoms with Gasteiger partial charge in [-0.05, 0) is 25.0 Å². The minimum Gasteiger partial charge on any atom is -0.385 e. The highest BCUT2D eigenvalue weighted by atomic mass is 15.0. The molecule has 2 nitrogen and oxygen atoms in total. The molecular weight excluding hydrogens is 184 g/mol. The lowest BCUT2D eigenvalue weighted by Crippen LogP contribution is -2.32. The first kappa shape index (κ1) is 10.5. The van der Waals surface area contributed by atoms with Crippen LogP contribution in [0, 0.1) is 6.92 Å². The summed E-state index contributed by atoms with van der Waals surface area (Å²) < 4.78 is 0. The molecule has 2 N–H and O–H groups in total. The number of nitrogens with one attached hydrogen (secondary N) is 2. The second-order valence-electron chi connectivity index (χ2n) is 4.68. The number of aryl methyl sites for hydroxylation is 1. The Morgan fingerprint density at radius 2 is 2.20 bits per heavy atom. The SMILES string of the molecule is Cc1ccc2c(c1)C(NC(C)C)CCN2. The van der Waals surface area contributed by atoms with E-state index in [1.54, 1.807) is 0 Å². The zero-order valence-electron chi connectivity index (χ0n) is 9.80. The molecule has 15 heavy (non-hydrogen) atoms. The molecule has 1 unspecified atom stereocenters. The topological polar surface area (TPSA) is 24.1 Å². The van der Waals surface area contributed by atoms with E-state index in [0.29, 0.717) is 12.1 Å². The van der Waals surface area contributed by atoms with Crippen molar-refractivity contribution in [3.63, 3.8) is 0 Å². The lowest BCUT2D eigenvalue weighted by molar-refractivity contribution is 0.453. The minimum absolute atomic E-state index is 0.515. The summed E-state index contributed by atoms with van der Waals surface area (Å²) >= 11 is 0. The Morgan fingerprint density at radius 1 is 1.40 bits per heavy atom. The Labute approximate surface area is 92.1 Å². The number of hydrogen-bond acceptors (Lipinski definition) is 2. The third-order valence-corrected chi connectivity index (χ3v) is 2.87.